The predicted molar refractivity (Wildman–Crippen MR) is 114 cm³/mol. The van der Waals surface area contributed by atoms with Crippen molar-refractivity contribution < 1.29 is 22.8 Å². The first-order valence-corrected chi connectivity index (χ1v) is 10.4. The third kappa shape index (κ3) is 6.74. The number of nitrogens with one attached hydrogen (secondary N) is 3. The lowest BCUT2D eigenvalue weighted by atomic mass is 9.97. The summed E-state index contributed by atoms with van der Waals surface area (Å²) in [5.74, 6) is 0.195. The summed E-state index contributed by atoms with van der Waals surface area (Å²) in [4.78, 5) is 29.9. The number of anilines is 1. The number of likely N-dealkylation sites (tertiary alicyclic amines) is 1. The fraction of sp³-hybridized carbons (Fsp3) is 0.381. The second-order valence-electron chi connectivity index (χ2n) is 7.48. The number of piperidine rings is 1. The van der Waals surface area contributed by atoms with Crippen molar-refractivity contribution >= 4 is 29.4 Å². The lowest BCUT2D eigenvalue weighted by Gasteiger charge is -2.32. The van der Waals surface area contributed by atoms with Gasteiger partial charge in [-0.05, 0) is 48.6 Å². The molecular formula is C21H23ClF3N5O2. The molecule has 0 atom stereocenters. The average Bonchev–Trinajstić information content (AvgIpc) is 2.78. The number of halogens is 4. The van der Waals surface area contributed by atoms with Crippen LogP contribution in [0.4, 0.5) is 28.4 Å². The molecule has 4 amide bonds. The zero-order valence-electron chi connectivity index (χ0n) is 17.1. The van der Waals surface area contributed by atoms with Gasteiger partial charge in [0.1, 0.15) is 0 Å². The molecule has 0 saturated carbocycles. The molecule has 0 unspecified atom stereocenters. The van der Waals surface area contributed by atoms with Gasteiger partial charge in [0.15, 0.2) is 0 Å². The molecule has 1 aliphatic heterocycles. The van der Waals surface area contributed by atoms with E-state index in [1.54, 1.807) is 18.5 Å². The zero-order valence-corrected chi connectivity index (χ0v) is 17.8. The Morgan fingerprint density at radius 2 is 1.91 bits per heavy atom. The first kappa shape index (κ1) is 23.6. The number of carbonyl (C=O) groups excluding carboxylic acids is 2. The topological polar surface area (TPSA) is 86.4 Å². The maximum Gasteiger partial charge on any atom is 0.416 e. The van der Waals surface area contributed by atoms with Crippen LogP contribution >= 0.6 is 11.6 Å². The van der Waals surface area contributed by atoms with E-state index in [1.165, 1.54) is 4.90 Å². The van der Waals surface area contributed by atoms with Crippen LogP contribution < -0.4 is 16.0 Å². The molecule has 1 aliphatic rings. The van der Waals surface area contributed by atoms with E-state index < -0.39 is 17.8 Å². The first-order chi connectivity index (χ1) is 15.2. The summed E-state index contributed by atoms with van der Waals surface area (Å²) in [6.07, 6.45) is 0.122. The maximum absolute atomic E-state index is 12.9. The van der Waals surface area contributed by atoms with E-state index in [-0.39, 0.29) is 22.7 Å². The summed E-state index contributed by atoms with van der Waals surface area (Å²) in [6.45, 7) is 1.68. The fourth-order valence-corrected chi connectivity index (χ4v) is 3.48. The van der Waals surface area contributed by atoms with Crippen molar-refractivity contribution in [2.45, 2.75) is 25.6 Å². The number of carbonyl (C=O) groups is 2. The number of benzene rings is 1. The van der Waals surface area contributed by atoms with Crippen LogP contribution in [0.25, 0.3) is 0 Å². The summed E-state index contributed by atoms with van der Waals surface area (Å²) in [7, 11) is 0. The molecule has 7 nitrogen and oxygen atoms in total. The minimum atomic E-state index is -4.53. The van der Waals surface area contributed by atoms with E-state index in [0.29, 0.717) is 39.0 Å². The summed E-state index contributed by atoms with van der Waals surface area (Å²) >= 11 is 5.94. The Morgan fingerprint density at radius 3 is 2.56 bits per heavy atom. The molecule has 0 bridgehead atoms. The van der Waals surface area contributed by atoms with Gasteiger partial charge in [0, 0.05) is 38.6 Å². The molecule has 2 aromatic rings. The lowest BCUT2D eigenvalue weighted by molar-refractivity contribution is -0.137. The van der Waals surface area contributed by atoms with E-state index in [0.717, 1.165) is 23.8 Å². The van der Waals surface area contributed by atoms with Crippen molar-refractivity contribution in [1.29, 1.82) is 0 Å². The van der Waals surface area contributed by atoms with Crippen LogP contribution in [-0.2, 0) is 12.7 Å². The van der Waals surface area contributed by atoms with Crippen molar-refractivity contribution in [3.63, 3.8) is 0 Å². The Kier molecular flexibility index (Phi) is 7.79. The maximum atomic E-state index is 12.9. The standard InChI is InChI=1S/C21H23ClF3N5O2/c22-17-4-3-16(21(23,24)25)10-18(17)29-20(32)30-8-5-14(6-9-30)12-27-19(31)28-13-15-2-1-7-26-11-15/h1-4,7,10-11,14H,5-6,8-9,12-13H2,(H,29,32)(H2,27,28,31). The minimum absolute atomic E-state index is 0.0303. The average molecular weight is 470 g/mol. The normalized spacial score (nSPS) is 14.7. The Balaban J connectivity index is 1.41. The highest BCUT2D eigenvalue weighted by atomic mass is 35.5. The van der Waals surface area contributed by atoms with Crippen LogP contribution in [0.5, 0.6) is 0 Å². The smallest absolute Gasteiger partial charge is 0.338 e. The van der Waals surface area contributed by atoms with Gasteiger partial charge in [0.05, 0.1) is 16.3 Å². The van der Waals surface area contributed by atoms with Gasteiger partial charge < -0.3 is 20.9 Å². The number of alkyl halides is 3. The van der Waals surface area contributed by atoms with Gasteiger partial charge in [-0.1, -0.05) is 17.7 Å². The molecule has 3 N–H and O–H groups in total. The van der Waals surface area contributed by atoms with Gasteiger partial charge in [-0.2, -0.15) is 13.2 Å². The molecule has 3 rings (SSSR count). The highest BCUT2D eigenvalue weighted by Crippen LogP contribution is 2.34. The van der Waals surface area contributed by atoms with E-state index in [1.807, 2.05) is 6.07 Å². The SMILES string of the molecule is O=C(NCc1cccnc1)NCC1CCN(C(=O)Nc2cc(C(F)(F)F)ccc2Cl)CC1. The van der Waals surface area contributed by atoms with Crippen molar-refractivity contribution in [3.8, 4) is 0 Å². The fourth-order valence-electron chi connectivity index (χ4n) is 3.32. The summed E-state index contributed by atoms with van der Waals surface area (Å²) in [5, 5.41) is 8.07. The Morgan fingerprint density at radius 1 is 1.16 bits per heavy atom. The third-order valence-corrected chi connectivity index (χ3v) is 5.49. The Hall–Kier alpha value is -3.01. The number of nitrogens with zero attached hydrogens (tertiary/aromatic N) is 2. The first-order valence-electron chi connectivity index (χ1n) is 10.1. The summed E-state index contributed by atoms with van der Waals surface area (Å²) in [6, 6.07) is 5.65. The Bertz CT molecular complexity index is 935. The summed E-state index contributed by atoms with van der Waals surface area (Å²) in [5.41, 5.74) is -0.0767. The molecule has 0 spiro atoms. The molecule has 0 aliphatic carbocycles. The number of amides is 4. The van der Waals surface area contributed by atoms with Gasteiger partial charge in [-0.3, -0.25) is 4.98 Å². The molecule has 172 valence electrons. The van der Waals surface area contributed by atoms with Gasteiger partial charge in [0.2, 0.25) is 0 Å². The van der Waals surface area contributed by atoms with Crippen molar-refractivity contribution in [2.75, 3.05) is 25.0 Å². The third-order valence-electron chi connectivity index (χ3n) is 5.16. The second kappa shape index (κ2) is 10.5. The highest BCUT2D eigenvalue weighted by Gasteiger charge is 2.31. The van der Waals surface area contributed by atoms with Gasteiger partial charge in [0.25, 0.3) is 0 Å². The van der Waals surface area contributed by atoms with Crippen LogP contribution in [-0.4, -0.2) is 41.6 Å². The minimum Gasteiger partial charge on any atom is -0.338 e. The highest BCUT2D eigenvalue weighted by molar-refractivity contribution is 6.33. The van der Waals surface area contributed by atoms with Gasteiger partial charge in [-0.25, -0.2) is 9.59 Å². The number of aromatic nitrogens is 1. The number of pyridine rings is 1. The van der Waals surface area contributed by atoms with Crippen molar-refractivity contribution in [2.24, 2.45) is 5.92 Å². The van der Waals surface area contributed by atoms with Crippen LogP contribution in [0.1, 0.15) is 24.0 Å². The number of rotatable bonds is 5. The number of hydrogen-bond donors (Lipinski definition) is 3. The zero-order chi connectivity index (χ0) is 23.1. The lowest BCUT2D eigenvalue weighted by Crippen LogP contribution is -2.44. The van der Waals surface area contributed by atoms with Crippen LogP contribution in [0.3, 0.4) is 0 Å². The molecule has 1 aromatic heterocycles. The molecule has 32 heavy (non-hydrogen) atoms. The van der Waals surface area contributed by atoms with Crippen LogP contribution in [0, 0.1) is 5.92 Å². The number of hydrogen-bond acceptors (Lipinski definition) is 3. The van der Waals surface area contributed by atoms with Crippen LogP contribution in [0.2, 0.25) is 5.02 Å². The molecule has 1 fully saturated rings. The van der Waals surface area contributed by atoms with Crippen molar-refractivity contribution in [1.82, 2.24) is 20.5 Å². The van der Waals surface area contributed by atoms with Crippen molar-refractivity contribution in [3.05, 3.63) is 58.9 Å². The Labute approximate surface area is 188 Å². The van der Waals surface area contributed by atoms with Gasteiger partial charge in [-0.15, -0.1) is 0 Å². The van der Waals surface area contributed by atoms with E-state index in [4.69, 9.17) is 11.6 Å². The number of urea groups is 2. The second-order valence-corrected chi connectivity index (χ2v) is 7.89. The summed E-state index contributed by atoms with van der Waals surface area (Å²) < 4.78 is 38.7. The molecule has 1 aromatic carbocycles. The van der Waals surface area contributed by atoms with Gasteiger partial charge >= 0.3 is 18.2 Å². The molecule has 11 heteroatoms. The van der Waals surface area contributed by atoms with E-state index >= 15 is 0 Å². The predicted octanol–water partition coefficient (Wildman–Crippen LogP) is 4.50. The molecule has 0 radical (unpaired) electrons. The van der Waals surface area contributed by atoms with E-state index in [9.17, 15) is 22.8 Å². The molecule has 1 saturated heterocycles. The largest absolute Gasteiger partial charge is 0.416 e. The quantitative estimate of drug-likeness (QED) is 0.602. The van der Waals surface area contributed by atoms with Crippen LogP contribution in [0.15, 0.2) is 42.7 Å². The molecule has 2 heterocycles. The monoisotopic (exact) mass is 469 g/mol. The van der Waals surface area contributed by atoms with E-state index in [2.05, 4.69) is 20.9 Å². The molecular weight excluding hydrogens is 447 g/mol.